The molecule has 3 aliphatic rings. The van der Waals surface area contributed by atoms with Crippen LogP contribution in [0, 0.1) is 10.8 Å². The van der Waals surface area contributed by atoms with E-state index in [9.17, 15) is 8.78 Å². The molecule has 1 spiro atoms. The van der Waals surface area contributed by atoms with Gasteiger partial charge < -0.3 is 4.74 Å². The smallest absolute Gasteiger partial charge is 0.254 e. The first-order valence-electron chi connectivity index (χ1n) is 7.74. The van der Waals surface area contributed by atoms with Gasteiger partial charge in [0.1, 0.15) is 5.75 Å². The monoisotopic (exact) mass is 326 g/mol. The molecule has 120 valence electrons. The molecule has 0 bridgehead atoms. The van der Waals surface area contributed by atoms with Crippen LogP contribution in [0.5, 0.6) is 5.75 Å². The molecule has 2 saturated carbocycles. The van der Waals surface area contributed by atoms with Gasteiger partial charge in [0.25, 0.3) is 5.92 Å². The Hall–Kier alpha value is -0.800. The summed E-state index contributed by atoms with van der Waals surface area (Å²) in [6, 6.07) is 2.01. The Morgan fingerprint density at radius 1 is 1.32 bits per heavy atom. The maximum atomic E-state index is 13.9. The Bertz CT molecular complexity index is 637. The maximum Gasteiger partial charge on any atom is 0.254 e. The minimum Gasteiger partial charge on any atom is -0.496 e. The highest BCUT2D eigenvalue weighted by molar-refractivity contribution is 7.82. The topological polar surface area (TPSA) is 34.1 Å². The number of methoxy groups -OCH3 is 1. The van der Waals surface area contributed by atoms with Gasteiger partial charge in [-0.3, -0.25) is 10.1 Å². The highest BCUT2D eigenvalue weighted by Crippen LogP contribution is 2.70. The van der Waals surface area contributed by atoms with Crippen molar-refractivity contribution >= 4 is 18.8 Å². The Labute approximate surface area is 130 Å². The largest absolute Gasteiger partial charge is 0.496 e. The highest BCUT2D eigenvalue weighted by Gasteiger charge is 2.73. The summed E-state index contributed by atoms with van der Waals surface area (Å²) < 4.78 is 33.1. The number of hydrogen-bond donors (Lipinski definition) is 1. The molecule has 6 heteroatoms. The summed E-state index contributed by atoms with van der Waals surface area (Å²) in [6.07, 6.45) is 3.98. The second-order valence-electron chi connectivity index (χ2n) is 7.76. The second-order valence-corrected chi connectivity index (χ2v) is 9.56. The number of rotatable bonds is 3. The molecule has 3 unspecified atom stereocenters. The number of ether oxygens (including phenoxy) is 1. The van der Waals surface area contributed by atoms with E-state index in [4.69, 9.17) is 4.74 Å². The van der Waals surface area contributed by atoms with Crippen molar-refractivity contribution in [2.75, 3.05) is 7.11 Å². The number of aromatic nitrogens is 1. The normalized spacial score (nSPS) is 36.8. The average Bonchev–Trinajstić information content (AvgIpc) is 3.22. The van der Waals surface area contributed by atoms with Crippen LogP contribution < -0.4 is 20.6 Å². The Morgan fingerprint density at radius 2 is 2.05 bits per heavy atom. The van der Waals surface area contributed by atoms with Crippen molar-refractivity contribution in [1.29, 1.82) is 0 Å². The van der Waals surface area contributed by atoms with Crippen LogP contribution in [0.2, 0.25) is 0 Å². The van der Waals surface area contributed by atoms with E-state index in [2.05, 4.69) is 23.9 Å². The molecule has 3 atom stereocenters. The molecule has 1 aliphatic heterocycles. The zero-order valence-electron chi connectivity index (χ0n) is 13.1. The lowest BCUT2D eigenvalue weighted by atomic mass is 9.68. The van der Waals surface area contributed by atoms with Crippen molar-refractivity contribution in [3.05, 3.63) is 12.3 Å². The zero-order chi connectivity index (χ0) is 15.8. The Morgan fingerprint density at radius 3 is 2.68 bits per heavy atom. The molecule has 0 saturated heterocycles. The molecule has 1 aromatic heterocycles. The van der Waals surface area contributed by atoms with Gasteiger partial charge in [-0.1, -0.05) is 13.8 Å². The zero-order valence-corrected chi connectivity index (χ0v) is 14.0. The molecular weight excluding hydrogens is 305 g/mol. The van der Waals surface area contributed by atoms with Gasteiger partial charge in [0.05, 0.1) is 25.9 Å². The Kier molecular flexibility index (Phi) is 2.95. The lowest BCUT2D eigenvalue weighted by Crippen LogP contribution is -2.41. The van der Waals surface area contributed by atoms with Crippen LogP contribution in [0.15, 0.2) is 12.3 Å². The van der Waals surface area contributed by atoms with Gasteiger partial charge in [-0.25, -0.2) is 8.78 Å². The van der Waals surface area contributed by atoms with E-state index < -0.39 is 19.4 Å². The fourth-order valence-corrected chi connectivity index (χ4v) is 6.38. The summed E-state index contributed by atoms with van der Waals surface area (Å²) in [5.74, 6) is -1.60. The van der Waals surface area contributed by atoms with Crippen molar-refractivity contribution < 1.29 is 13.5 Å². The number of hydrogen-bond acceptors (Lipinski definition) is 3. The van der Waals surface area contributed by atoms with Gasteiger partial charge >= 0.3 is 0 Å². The summed E-state index contributed by atoms with van der Waals surface area (Å²) in [4.78, 5) is 4.38. The van der Waals surface area contributed by atoms with Crippen LogP contribution in [0.1, 0.15) is 39.5 Å². The van der Waals surface area contributed by atoms with Crippen LogP contribution in [0.3, 0.4) is 0 Å². The first-order valence-corrected chi connectivity index (χ1v) is 9.08. The molecule has 22 heavy (non-hydrogen) atoms. The van der Waals surface area contributed by atoms with E-state index in [1.54, 1.807) is 13.3 Å². The minimum absolute atomic E-state index is 0.0368. The van der Waals surface area contributed by atoms with Crippen LogP contribution in [-0.4, -0.2) is 24.1 Å². The molecule has 3 nitrogen and oxygen atoms in total. The van der Waals surface area contributed by atoms with E-state index in [-0.39, 0.29) is 17.9 Å². The van der Waals surface area contributed by atoms with Crippen molar-refractivity contribution in [3.8, 4) is 5.75 Å². The second kappa shape index (κ2) is 4.39. The fraction of sp³-hybridized carbons (Fsp3) is 0.688. The average molecular weight is 326 g/mol. The summed E-state index contributed by atoms with van der Waals surface area (Å²) in [5.41, 5.74) is 0.265. The first kappa shape index (κ1) is 14.8. The highest BCUT2D eigenvalue weighted by atomic mass is 31.1. The van der Waals surface area contributed by atoms with Gasteiger partial charge in [-0.2, -0.15) is 0 Å². The van der Waals surface area contributed by atoms with Crippen molar-refractivity contribution in [2.45, 2.75) is 51.5 Å². The van der Waals surface area contributed by atoms with Gasteiger partial charge in [0, 0.05) is 24.1 Å². The minimum atomic E-state index is -2.47. The third-order valence-corrected chi connectivity index (χ3v) is 7.29. The predicted molar refractivity (Wildman–Crippen MR) is 83.5 cm³/mol. The number of fused-ring (bicyclic) bond motifs is 1. The van der Waals surface area contributed by atoms with Crippen LogP contribution in [0.4, 0.5) is 8.78 Å². The van der Waals surface area contributed by atoms with Crippen molar-refractivity contribution in [1.82, 2.24) is 10.1 Å². The van der Waals surface area contributed by atoms with E-state index in [0.717, 1.165) is 22.9 Å². The molecule has 2 fully saturated rings. The van der Waals surface area contributed by atoms with Crippen molar-refractivity contribution in [2.24, 2.45) is 10.8 Å². The van der Waals surface area contributed by atoms with Gasteiger partial charge in [-0.05, 0) is 30.7 Å². The fourth-order valence-electron chi connectivity index (χ4n) is 4.38. The first-order chi connectivity index (χ1) is 10.3. The molecular formula is C16H21F2N2OP. The summed E-state index contributed by atoms with van der Waals surface area (Å²) in [7, 11) is 1.04. The number of nitrogens with one attached hydrogen (secondary N) is 1. The van der Waals surface area contributed by atoms with E-state index in [1.165, 1.54) is 0 Å². The Balaban J connectivity index is 1.50. The molecule has 2 heterocycles. The lowest BCUT2D eigenvalue weighted by Gasteiger charge is -2.41. The SMILES string of the molecule is COc1ccnc2c1P2NC1CC(C)(C)CC2(C1)CC2(F)F. The summed E-state index contributed by atoms with van der Waals surface area (Å²) in [6.45, 7) is 4.23. The molecule has 2 aliphatic carbocycles. The van der Waals surface area contributed by atoms with E-state index in [1.807, 2.05) is 6.07 Å². The van der Waals surface area contributed by atoms with Crippen LogP contribution in [0.25, 0.3) is 0 Å². The molecule has 0 radical (unpaired) electrons. The van der Waals surface area contributed by atoms with Crippen LogP contribution in [-0.2, 0) is 0 Å². The number of nitrogens with zero attached hydrogens (tertiary/aromatic N) is 1. The molecule has 0 amide bonds. The number of alkyl halides is 2. The quantitative estimate of drug-likeness (QED) is 0.867. The van der Waals surface area contributed by atoms with Crippen molar-refractivity contribution in [3.63, 3.8) is 0 Å². The van der Waals surface area contributed by atoms with Gasteiger partial charge in [0.2, 0.25) is 0 Å². The molecule has 0 aromatic carbocycles. The predicted octanol–water partition coefficient (Wildman–Crippen LogP) is 2.95. The summed E-state index contributed by atoms with van der Waals surface area (Å²) in [5, 5.41) is 4.76. The van der Waals surface area contributed by atoms with E-state index >= 15 is 0 Å². The van der Waals surface area contributed by atoms with E-state index in [0.29, 0.717) is 12.8 Å². The number of halogens is 2. The van der Waals surface area contributed by atoms with Crippen LogP contribution >= 0.6 is 8.07 Å². The molecule has 1 N–H and O–H groups in total. The lowest BCUT2D eigenvalue weighted by molar-refractivity contribution is 0.0128. The third kappa shape index (κ3) is 2.16. The number of pyridine rings is 1. The standard InChI is InChI=1S/C16H21F2N2OP/c1-14(2)6-10(7-15(8-14)9-16(15,17)18)20-22-12-11(21-3)4-5-19-13(12)22/h4-5,10,20H,6-9H2,1-3H3. The van der Waals surface area contributed by atoms with Gasteiger partial charge in [0.15, 0.2) is 0 Å². The molecule has 1 aromatic rings. The third-order valence-electron chi connectivity index (χ3n) is 5.25. The maximum absolute atomic E-state index is 13.9. The molecule has 4 rings (SSSR count). The van der Waals surface area contributed by atoms with Gasteiger partial charge in [-0.15, -0.1) is 0 Å². The summed E-state index contributed by atoms with van der Waals surface area (Å²) >= 11 is 0.